The van der Waals surface area contributed by atoms with Gasteiger partial charge in [-0.3, -0.25) is 9.59 Å². The van der Waals surface area contributed by atoms with Gasteiger partial charge in [0.05, 0.1) is 17.6 Å². The minimum atomic E-state index is -0.560. The predicted molar refractivity (Wildman–Crippen MR) is 85.7 cm³/mol. The Morgan fingerprint density at radius 2 is 2.09 bits per heavy atom. The first-order valence-corrected chi connectivity index (χ1v) is 7.85. The topological polar surface area (TPSA) is 90.4 Å². The number of benzene rings is 1. The van der Waals surface area contributed by atoms with E-state index in [4.69, 9.17) is 11.0 Å². The number of rotatable bonds is 3. The number of likely N-dealkylation sites (tertiary alicyclic amines) is 1. The molecule has 2 N–H and O–H groups in total. The molecule has 2 amide bonds. The second-order valence-corrected chi connectivity index (χ2v) is 6.35. The first-order valence-electron chi connectivity index (χ1n) is 7.85. The zero-order valence-electron chi connectivity index (χ0n) is 13.2. The lowest BCUT2D eigenvalue weighted by Crippen LogP contribution is -2.46. The van der Waals surface area contributed by atoms with Crippen LogP contribution in [0.15, 0.2) is 18.2 Å². The Balaban J connectivity index is 1.98. The highest BCUT2D eigenvalue weighted by Gasteiger charge is 2.42. The number of nitriles is 1. The summed E-state index contributed by atoms with van der Waals surface area (Å²) in [6.45, 7) is 1.89. The summed E-state index contributed by atoms with van der Waals surface area (Å²) in [5.74, 6) is -1.12. The van der Waals surface area contributed by atoms with Crippen LogP contribution in [0.25, 0.3) is 0 Å². The first-order chi connectivity index (χ1) is 11.0. The Labute approximate surface area is 135 Å². The number of nitrogens with zero attached hydrogens (tertiary/aromatic N) is 3. The third-order valence-corrected chi connectivity index (χ3v) is 4.79. The number of primary amides is 1. The SMILES string of the molecule is CN1CCC(N2C(=O)C(CC(N)=O)c3cc(C#N)ccc32)CC1. The largest absolute Gasteiger partial charge is 0.370 e. The second-order valence-electron chi connectivity index (χ2n) is 6.35. The number of fused-ring (bicyclic) bond motifs is 1. The van der Waals surface area contributed by atoms with Gasteiger partial charge in [-0.05, 0) is 56.7 Å². The van der Waals surface area contributed by atoms with Gasteiger partial charge in [-0.2, -0.15) is 5.26 Å². The number of carbonyl (C=O) groups is 2. The van der Waals surface area contributed by atoms with E-state index in [1.54, 1.807) is 12.1 Å². The zero-order chi connectivity index (χ0) is 16.6. The number of anilines is 1. The molecule has 1 atom stereocenters. The Morgan fingerprint density at radius 3 is 2.70 bits per heavy atom. The number of carbonyl (C=O) groups excluding carboxylic acids is 2. The van der Waals surface area contributed by atoms with Crippen molar-refractivity contribution in [2.75, 3.05) is 25.0 Å². The lowest BCUT2D eigenvalue weighted by atomic mass is 9.95. The van der Waals surface area contributed by atoms with Gasteiger partial charge in [-0.25, -0.2) is 0 Å². The van der Waals surface area contributed by atoms with Gasteiger partial charge in [0.15, 0.2) is 0 Å². The summed E-state index contributed by atoms with van der Waals surface area (Å²) in [5, 5.41) is 9.10. The molecule has 1 unspecified atom stereocenters. The van der Waals surface area contributed by atoms with Crippen LogP contribution in [0.2, 0.25) is 0 Å². The fourth-order valence-corrected chi connectivity index (χ4v) is 3.57. The highest BCUT2D eigenvalue weighted by Crippen LogP contribution is 2.42. The summed E-state index contributed by atoms with van der Waals surface area (Å²) >= 11 is 0. The molecule has 0 radical (unpaired) electrons. The van der Waals surface area contributed by atoms with Crippen molar-refractivity contribution >= 4 is 17.5 Å². The Hall–Kier alpha value is -2.39. The average molecular weight is 312 g/mol. The standard InChI is InChI=1S/C17H20N4O2/c1-20-6-4-12(5-7-20)21-15-3-2-11(10-18)8-13(15)14(17(21)23)9-16(19)22/h2-3,8,12,14H,4-7,9H2,1H3,(H2,19,22). The van der Waals surface area contributed by atoms with Crippen molar-refractivity contribution in [2.24, 2.45) is 5.73 Å². The highest BCUT2D eigenvalue weighted by atomic mass is 16.2. The molecule has 6 heteroatoms. The van der Waals surface area contributed by atoms with Gasteiger partial charge in [0.2, 0.25) is 11.8 Å². The molecule has 0 aliphatic carbocycles. The van der Waals surface area contributed by atoms with Crippen LogP contribution in [-0.2, 0) is 9.59 Å². The van der Waals surface area contributed by atoms with E-state index in [0.717, 1.165) is 37.2 Å². The Morgan fingerprint density at radius 1 is 1.39 bits per heavy atom. The third kappa shape index (κ3) is 2.80. The molecule has 6 nitrogen and oxygen atoms in total. The molecule has 2 heterocycles. The van der Waals surface area contributed by atoms with E-state index in [-0.39, 0.29) is 18.4 Å². The van der Waals surface area contributed by atoms with E-state index in [1.807, 2.05) is 11.0 Å². The molecular weight excluding hydrogens is 292 g/mol. The van der Waals surface area contributed by atoms with Gasteiger partial charge in [-0.1, -0.05) is 0 Å². The lowest BCUT2D eigenvalue weighted by molar-refractivity contribution is -0.124. The molecule has 0 aromatic heterocycles. The van der Waals surface area contributed by atoms with Crippen LogP contribution in [0.3, 0.4) is 0 Å². The van der Waals surface area contributed by atoms with Gasteiger partial charge in [0.25, 0.3) is 0 Å². The molecule has 1 fully saturated rings. The van der Waals surface area contributed by atoms with Crippen LogP contribution in [0.4, 0.5) is 5.69 Å². The van der Waals surface area contributed by atoms with Crippen LogP contribution in [0, 0.1) is 11.3 Å². The molecule has 1 aromatic rings. The maximum absolute atomic E-state index is 12.9. The van der Waals surface area contributed by atoms with Gasteiger partial charge < -0.3 is 15.5 Å². The van der Waals surface area contributed by atoms with E-state index in [9.17, 15) is 9.59 Å². The van der Waals surface area contributed by atoms with Crippen molar-refractivity contribution in [1.29, 1.82) is 5.26 Å². The maximum Gasteiger partial charge on any atom is 0.235 e. The smallest absolute Gasteiger partial charge is 0.235 e. The van der Waals surface area contributed by atoms with Crippen molar-refractivity contribution in [3.05, 3.63) is 29.3 Å². The number of hydrogen-bond acceptors (Lipinski definition) is 4. The molecule has 3 rings (SSSR count). The molecular formula is C17H20N4O2. The number of amides is 2. The quantitative estimate of drug-likeness (QED) is 0.900. The molecule has 0 bridgehead atoms. The normalized spacial score (nSPS) is 22.0. The monoisotopic (exact) mass is 312 g/mol. The molecule has 0 saturated carbocycles. The van der Waals surface area contributed by atoms with E-state index in [1.165, 1.54) is 0 Å². The molecule has 23 heavy (non-hydrogen) atoms. The van der Waals surface area contributed by atoms with Crippen molar-refractivity contribution in [3.8, 4) is 6.07 Å². The Bertz CT molecular complexity index is 686. The van der Waals surface area contributed by atoms with Crippen LogP contribution >= 0.6 is 0 Å². The summed E-state index contributed by atoms with van der Waals surface area (Å²) < 4.78 is 0. The van der Waals surface area contributed by atoms with Crippen LogP contribution in [-0.4, -0.2) is 42.9 Å². The van der Waals surface area contributed by atoms with Gasteiger partial charge in [0, 0.05) is 18.2 Å². The van der Waals surface area contributed by atoms with E-state index in [0.29, 0.717) is 5.56 Å². The van der Waals surface area contributed by atoms with Crippen LogP contribution in [0.1, 0.15) is 36.3 Å². The molecule has 120 valence electrons. The highest BCUT2D eigenvalue weighted by molar-refractivity contribution is 6.07. The van der Waals surface area contributed by atoms with Crippen molar-refractivity contribution in [2.45, 2.75) is 31.2 Å². The number of nitrogens with two attached hydrogens (primary N) is 1. The molecule has 1 saturated heterocycles. The van der Waals surface area contributed by atoms with Crippen molar-refractivity contribution in [3.63, 3.8) is 0 Å². The number of piperidine rings is 1. The van der Waals surface area contributed by atoms with Gasteiger partial charge in [0.1, 0.15) is 0 Å². The summed E-state index contributed by atoms with van der Waals surface area (Å²) in [6.07, 6.45) is 1.81. The van der Waals surface area contributed by atoms with Crippen LogP contribution < -0.4 is 10.6 Å². The summed E-state index contributed by atoms with van der Waals surface area (Å²) in [7, 11) is 2.07. The first kappa shape index (κ1) is 15.5. The molecule has 0 spiro atoms. The fourth-order valence-electron chi connectivity index (χ4n) is 3.57. The summed E-state index contributed by atoms with van der Waals surface area (Å²) in [4.78, 5) is 28.3. The van der Waals surface area contributed by atoms with Gasteiger partial charge in [-0.15, -0.1) is 0 Å². The Kier molecular flexibility index (Phi) is 4.05. The minimum absolute atomic E-state index is 0.0101. The average Bonchev–Trinajstić information content (AvgIpc) is 2.80. The van der Waals surface area contributed by atoms with Crippen molar-refractivity contribution < 1.29 is 9.59 Å². The lowest BCUT2D eigenvalue weighted by Gasteiger charge is -2.35. The third-order valence-electron chi connectivity index (χ3n) is 4.79. The second kappa shape index (κ2) is 6.01. The maximum atomic E-state index is 12.9. The minimum Gasteiger partial charge on any atom is -0.370 e. The number of hydrogen-bond donors (Lipinski definition) is 1. The predicted octanol–water partition coefficient (Wildman–Crippen LogP) is 0.958. The molecule has 2 aliphatic heterocycles. The molecule has 2 aliphatic rings. The zero-order valence-corrected chi connectivity index (χ0v) is 13.2. The van der Waals surface area contributed by atoms with E-state index >= 15 is 0 Å². The van der Waals surface area contributed by atoms with E-state index < -0.39 is 11.8 Å². The van der Waals surface area contributed by atoms with Crippen molar-refractivity contribution in [1.82, 2.24) is 4.90 Å². The van der Waals surface area contributed by atoms with Crippen LogP contribution in [0.5, 0.6) is 0 Å². The summed E-state index contributed by atoms with van der Waals surface area (Å²) in [6, 6.07) is 7.50. The summed E-state index contributed by atoms with van der Waals surface area (Å²) in [5.41, 5.74) is 7.40. The fraction of sp³-hybridized carbons (Fsp3) is 0.471. The van der Waals surface area contributed by atoms with Gasteiger partial charge >= 0.3 is 0 Å². The van der Waals surface area contributed by atoms with E-state index in [2.05, 4.69) is 18.0 Å². The molecule has 1 aromatic carbocycles.